The fourth-order valence-corrected chi connectivity index (χ4v) is 2.54. The Labute approximate surface area is 144 Å². The minimum absolute atomic E-state index is 0.196. The summed E-state index contributed by atoms with van der Waals surface area (Å²) in [5, 5.41) is 20.0. The zero-order valence-electron chi connectivity index (χ0n) is 13.8. The zero-order chi connectivity index (χ0) is 18.4. The number of hydrogen-bond acceptors (Lipinski definition) is 5. The molecule has 1 aromatic rings. The van der Waals surface area contributed by atoms with E-state index >= 15 is 0 Å². The number of hydrogen-bond donors (Lipinski definition) is 1. The van der Waals surface area contributed by atoms with E-state index in [-0.39, 0.29) is 11.3 Å². The van der Waals surface area contributed by atoms with E-state index in [0.29, 0.717) is 12.1 Å². The van der Waals surface area contributed by atoms with E-state index in [1.165, 1.54) is 0 Å². The van der Waals surface area contributed by atoms with E-state index in [1.54, 1.807) is 18.2 Å². The molecule has 0 spiro atoms. The van der Waals surface area contributed by atoms with Crippen LogP contribution < -0.4 is 5.32 Å². The molecule has 2 rings (SSSR count). The van der Waals surface area contributed by atoms with Crippen molar-refractivity contribution in [1.29, 1.82) is 10.5 Å². The first-order chi connectivity index (χ1) is 11.8. The molecular formula is C17H18F3N5. The lowest BCUT2D eigenvalue weighted by atomic mass is 10.1. The summed E-state index contributed by atoms with van der Waals surface area (Å²) in [6, 6.07) is 7.03. The van der Waals surface area contributed by atoms with Gasteiger partial charge in [-0.05, 0) is 30.8 Å². The maximum Gasteiger partial charge on any atom is 0.416 e. The Kier molecular flexibility index (Phi) is 6.02. The van der Waals surface area contributed by atoms with Crippen LogP contribution in [0.1, 0.15) is 11.1 Å². The normalized spacial score (nSPS) is 15.9. The molecule has 0 bridgehead atoms. The van der Waals surface area contributed by atoms with Crippen LogP contribution in [0.25, 0.3) is 0 Å². The van der Waals surface area contributed by atoms with E-state index in [2.05, 4.69) is 15.1 Å². The second-order valence-corrected chi connectivity index (χ2v) is 5.92. The molecular weight excluding hydrogens is 331 g/mol. The van der Waals surface area contributed by atoms with Crippen LogP contribution >= 0.6 is 0 Å². The van der Waals surface area contributed by atoms with Crippen molar-refractivity contribution in [2.45, 2.75) is 12.7 Å². The summed E-state index contributed by atoms with van der Waals surface area (Å²) in [4.78, 5) is 4.27. The van der Waals surface area contributed by atoms with E-state index in [9.17, 15) is 13.2 Å². The molecule has 0 aliphatic carbocycles. The third kappa shape index (κ3) is 5.49. The number of nitrogens with one attached hydrogen (secondary N) is 1. The minimum Gasteiger partial charge on any atom is -0.360 e. The highest BCUT2D eigenvalue weighted by molar-refractivity contribution is 5.53. The minimum atomic E-state index is -4.47. The maximum atomic E-state index is 13.1. The number of nitrogens with zero attached hydrogens (tertiary/aromatic N) is 4. The van der Waals surface area contributed by atoms with Crippen molar-refractivity contribution in [1.82, 2.24) is 9.80 Å². The molecule has 1 N–H and O–H groups in total. The van der Waals surface area contributed by atoms with Gasteiger partial charge in [-0.1, -0.05) is 0 Å². The number of halogens is 3. The number of allylic oxidation sites excluding steroid dienone is 1. The van der Waals surface area contributed by atoms with Crippen molar-refractivity contribution < 1.29 is 13.2 Å². The summed E-state index contributed by atoms with van der Waals surface area (Å²) in [7, 11) is 2.01. The average molecular weight is 349 g/mol. The number of nitriles is 2. The molecule has 0 radical (unpaired) electrons. The van der Waals surface area contributed by atoms with Crippen molar-refractivity contribution in [3.05, 3.63) is 41.1 Å². The number of benzene rings is 1. The van der Waals surface area contributed by atoms with Gasteiger partial charge in [0.2, 0.25) is 0 Å². The Bertz CT molecular complexity index is 703. The highest BCUT2D eigenvalue weighted by Gasteiger charge is 2.31. The summed E-state index contributed by atoms with van der Waals surface area (Å²) in [5.74, 6) is 0. The van der Waals surface area contributed by atoms with Gasteiger partial charge in [0, 0.05) is 44.6 Å². The van der Waals surface area contributed by atoms with Crippen molar-refractivity contribution in [2.24, 2.45) is 0 Å². The second kappa shape index (κ2) is 8.02. The van der Waals surface area contributed by atoms with Crippen LogP contribution in [-0.4, -0.2) is 43.0 Å². The number of rotatable bonds is 4. The SMILES string of the molecule is CN1CCN(Cc2cc(NC=C(C#N)C#N)cc(C(F)(F)F)c2)CC1. The lowest BCUT2D eigenvalue weighted by Crippen LogP contribution is -2.43. The van der Waals surface area contributed by atoms with Crippen LogP contribution in [0.3, 0.4) is 0 Å². The molecule has 1 saturated heterocycles. The van der Waals surface area contributed by atoms with Gasteiger partial charge in [0.15, 0.2) is 0 Å². The molecule has 1 aliphatic heterocycles. The molecule has 25 heavy (non-hydrogen) atoms. The number of likely N-dealkylation sites (N-methyl/N-ethyl adjacent to an activating group) is 1. The van der Waals surface area contributed by atoms with Gasteiger partial charge >= 0.3 is 6.18 Å². The van der Waals surface area contributed by atoms with Gasteiger partial charge in [0.25, 0.3) is 0 Å². The summed E-state index contributed by atoms with van der Waals surface area (Å²) >= 11 is 0. The van der Waals surface area contributed by atoms with Crippen molar-refractivity contribution in [3.63, 3.8) is 0 Å². The van der Waals surface area contributed by atoms with Gasteiger partial charge < -0.3 is 10.2 Å². The molecule has 0 atom stereocenters. The Morgan fingerprint density at radius 2 is 1.80 bits per heavy atom. The molecule has 0 saturated carbocycles. The van der Waals surface area contributed by atoms with Crippen molar-refractivity contribution in [3.8, 4) is 12.1 Å². The highest BCUT2D eigenvalue weighted by Crippen LogP contribution is 2.32. The standard InChI is InChI=1S/C17H18F3N5/c1-24-2-4-25(5-3-24)12-13-6-15(17(18,19)20)8-16(7-13)23-11-14(9-21)10-22/h6-8,11,23H,2-5,12H2,1H3. The van der Waals surface area contributed by atoms with Crippen LogP contribution in [0.5, 0.6) is 0 Å². The number of alkyl halides is 3. The Hall–Kier alpha value is -2.55. The summed E-state index contributed by atoms with van der Waals surface area (Å²) in [5.41, 5.74) is -0.240. The first-order valence-electron chi connectivity index (χ1n) is 7.71. The van der Waals surface area contributed by atoms with Gasteiger partial charge in [-0.25, -0.2) is 0 Å². The second-order valence-electron chi connectivity index (χ2n) is 5.92. The first-order valence-corrected chi connectivity index (χ1v) is 7.71. The predicted octanol–water partition coefficient (Wildman–Crippen LogP) is 2.80. The molecule has 0 unspecified atom stereocenters. The quantitative estimate of drug-likeness (QED) is 0.847. The van der Waals surface area contributed by atoms with E-state index in [0.717, 1.165) is 44.5 Å². The average Bonchev–Trinajstić information content (AvgIpc) is 2.57. The molecule has 0 aromatic heterocycles. The van der Waals surface area contributed by atoms with Gasteiger partial charge in [0.05, 0.1) is 5.56 Å². The van der Waals surface area contributed by atoms with Crippen LogP contribution in [0.15, 0.2) is 30.0 Å². The van der Waals surface area contributed by atoms with Crippen LogP contribution in [-0.2, 0) is 12.7 Å². The monoisotopic (exact) mass is 349 g/mol. The Morgan fingerprint density at radius 3 is 2.36 bits per heavy atom. The summed E-state index contributed by atoms with van der Waals surface area (Å²) < 4.78 is 39.4. The molecule has 5 nitrogen and oxygen atoms in total. The predicted molar refractivity (Wildman–Crippen MR) is 87.1 cm³/mol. The molecule has 1 aromatic carbocycles. The molecule has 1 aliphatic rings. The van der Waals surface area contributed by atoms with Crippen molar-refractivity contribution in [2.75, 3.05) is 38.5 Å². The lowest BCUT2D eigenvalue weighted by Gasteiger charge is -2.32. The fraction of sp³-hybridized carbons (Fsp3) is 0.412. The maximum absolute atomic E-state index is 13.1. The first kappa shape index (κ1) is 18.8. The molecule has 8 heteroatoms. The lowest BCUT2D eigenvalue weighted by molar-refractivity contribution is -0.137. The van der Waals surface area contributed by atoms with Gasteiger partial charge in [-0.2, -0.15) is 23.7 Å². The summed E-state index contributed by atoms with van der Waals surface area (Å²) in [6.45, 7) is 3.76. The highest BCUT2D eigenvalue weighted by atomic mass is 19.4. The van der Waals surface area contributed by atoms with E-state index < -0.39 is 11.7 Å². The molecule has 132 valence electrons. The molecule has 1 heterocycles. The zero-order valence-corrected chi connectivity index (χ0v) is 13.8. The Morgan fingerprint density at radius 1 is 1.16 bits per heavy atom. The Balaban J connectivity index is 2.23. The molecule has 0 amide bonds. The fourth-order valence-electron chi connectivity index (χ4n) is 2.54. The van der Waals surface area contributed by atoms with Gasteiger partial charge in [-0.3, -0.25) is 4.90 Å². The number of anilines is 1. The van der Waals surface area contributed by atoms with Crippen LogP contribution in [0.2, 0.25) is 0 Å². The van der Waals surface area contributed by atoms with Gasteiger partial charge in [0.1, 0.15) is 17.7 Å². The summed E-state index contributed by atoms with van der Waals surface area (Å²) in [6.07, 6.45) is -3.36. The third-order valence-corrected chi connectivity index (χ3v) is 3.95. The van der Waals surface area contributed by atoms with Crippen LogP contribution in [0, 0.1) is 22.7 Å². The van der Waals surface area contributed by atoms with Crippen molar-refractivity contribution >= 4 is 5.69 Å². The molecule has 1 fully saturated rings. The van der Waals surface area contributed by atoms with E-state index in [4.69, 9.17) is 10.5 Å². The van der Waals surface area contributed by atoms with Gasteiger partial charge in [-0.15, -0.1) is 0 Å². The topological polar surface area (TPSA) is 66.1 Å². The largest absolute Gasteiger partial charge is 0.416 e. The number of piperazine rings is 1. The van der Waals surface area contributed by atoms with Crippen LogP contribution in [0.4, 0.5) is 18.9 Å². The third-order valence-electron chi connectivity index (χ3n) is 3.95. The van der Waals surface area contributed by atoms with E-state index in [1.807, 2.05) is 7.05 Å². The smallest absolute Gasteiger partial charge is 0.360 e.